The number of hydrogen-bond acceptors (Lipinski definition) is 3. The zero-order valence-electron chi connectivity index (χ0n) is 16.7. The Labute approximate surface area is 167 Å². The van der Waals surface area contributed by atoms with E-state index in [4.69, 9.17) is 0 Å². The number of hydrogen-bond donors (Lipinski definition) is 1. The van der Waals surface area contributed by atoms with Crippen molar-refractivity contribution in [2.75, 3.05) is 29.4 Å². The predicted molar refractivity (Wildman–Crippen MR) is 113 cm³/mol. The van der Waals surface area contributed by atoms with Crippen molar-refractivity contribution in [1.82, 2.24) is 5.32 Å². The molecule has 0 aliphatic carbocycles. The molecule has 1 aliphatic rings. The molecule has 5 heteroatoms. The van der Waals surface area contributed by atoms with Crippen LogP contribution in [0.15, 0.2) is 54.6 Å². The second-order valence-electron chi connectivity index (χ2n) is 7.38. The first-order chi connectivity index (χ1) is 13.6. The molecule has 1 aliphatic heterocycles. The van der Waals surface area contributed by atoms with E-state index in [0.29, 0.717) is 19.6 Å². The van der Waals surface area contributed by atoms with Crippen molar-refractivity contribution in [3.63, 3.8) is 0 Å². The number of unbranched alkanes of at least 4 members (excludes halogenated alkanes) is 1. The Kier molecular flexibility index (Phi) is 6.69. The largest absolute Gasteiger partial charge is 0.360 e. The van der Waals surface area contributed by atoms with Crippen LogP contribution < -0.4 is 15.1 Å². The number of nitrogens with zero attached hydrogens (tertiary/aromatic N) is 2. The van der Waals surface area contributed by atoms with Gasteiger partial charge in [-0.2, -0.15) is 0 Å². The number of anilines is 2. The van der Waals surface area contributed by atoms with Crippen LogP contribution in [0, 0.1) is 5.92 Å². The maximum atomic E-state index is 13.2. The van der Waals surface area contributed by atoms with Gasteiger partial charge in [-0.1, -0.05) is 62.7 Å². The molecular formula is C23H29N3O2. The molecule has 28 heavy (non-hydrogen) atoms. The third-order valence-corrected chi connectivity index (χ3v) is 5.07. The topological polar surface area (TPSA) is 52.7 Å². The third kappa shape index (κ3) is 4.71. The number of carbonyl (C=O) groups excluding carboxylic acids is 2. The van der Waals surface area contributed by atoms with Crippen LogP contribution in [0.2, 0.25) is 0 Å². The second-order valence-corrected chi connectivity index (χ2v) is 7.38. The summed E-state index contributed by atoms with van der Waals surface area (Å²) in [6.07, 6.45) is 2.02. The zero-order chi connectivity index (χ0) is 19.9. The van der Waals surface area contributed by atoms with Gasteiger partial charge in [0.25, 0.3) is 0 Å². The van der Waals surface area contributed by atoms with E-state index in [2.05, 4.69) is 12.2 Å². The third-order valence-electron chi connectivity index (χ3n) is 5.07. The van der Waals surface area contributed by atoms with Gasteiger partial charge >= 0.3 is 0 Å². The molecule has 1 heterocycles. The number of carbonyl (C=O) groups is 2. The van der Waals surface area contributed by atoms with E-state index in [0.717, 1.165) is 29.8 Å². The fourth-order valence-corrected chi connectivity index (χ4v) is 3.56. The molecule has 2 aromatic rings. The smallest absolute Gasteiger partial charge is 0.239 e. The Morgan fingerprint density at radius 3 is 2.46 bits per heavy atom. The van der Waals surface area contributed by atoms with Crippen molar-refractivity contribution in [2.24, 2.45) is 5.92 Å². The van der Waals surface area contributed by atoms with E-state index in [-0.39, 0.29) is 24.3 Å². The van der Waals surface area contributed by atoms with Crippen LogP contribution in [0.3, 0.4) is 0 Å². The molecular weight excluding hydrogens is 350 g/mol. The first-order valence-corrected chi connectivity index (χ1v) is 10.1. The monoisotopic (exact) mass is 379 g/mol. The molecule has 1 N–H and O–H groups in total. The van der Waals surface area contributed by atoms with Crippen LogP contribution in [0.25, 0.3) is 0 Å². The second kappa shape index (κ2) is 9.40. The van der Waals surface area contributed by atoms with Crippen LogP contribution in [-0.4, -0.2) is 31.4 Å². The van der Waals surface area contributed by atoms with Crippen molar-refractivity contribution in [2.45, 2.75) is 33.2 Å². The van der Waals surface area contributed by atoms with Crippen LogP contribution in [0.4, 0.5) is 11.4 Å². The molecule has 3 rings (SSSR count). The molecule has 148 valence electrons. The lowest BCUT2D eigenvalue weighted by atomic mass is 10.1. The van der Waals surface area contributed by atoms with E-state index in [1.165, 1.54) is 0 Å². The lowest BCUT2D eigenvalue weighted by molar-refractivity contribution is -0.122. The van der Waals surface area contributed by atoms with Crippen LogP contribution in [0.5, 0.6) is 0 Å². The predicted octanol–water partition coefficient (Wildman–Crippen LogP) is 3.59. The maximum absolute atomic E-state index is 13.2. The first-order valence-electron chi connectivity index (χ1n) is 10.1. The highest BCUT2D eigenvalue weighted by Gasteiger charge is 2.31. The van der Waals surface area contributed by atoms with E-state index in [1.807, 2.05) is 71.3 Å². The van der Waals surface area contributed by atoms with E-state index >= 15 is 0 Å². The molecule has 0 saturated heterocycles. The van der Waals surface area contributed by atoms with Crippen molar-refractivity contribution >= 4 is 23.2 Å². The van der Waals surface area contributed by atoms with Crippen LogP contribution in [0.1, 0.15) is 32.3 Å². The van der Waals surface area contributed by atoms with E-state index < -0.39 is 0 Å². The summed E-state index contributed by atoms with van der Waals surface area (Å²) in [5.41, 5.74) is 2.88. The highest BCUT2D eigenvalue weighted by Crippen LogP contribution is 2.34. The SMILES string of the molecule is CCCCNC(=O)CN1CC(C)C(=O)N(Cc2ccccc2)c2ccccc21. The Morgan fingerprint density at radius 2 is 1.75 bits per heavy atom. The molecule has 0 radical (unpaired) electrons. The van der Waals surface area contributed by atoms with Crippen LogP contribution >= 0.6 is 0 Å². The van der Waals surface area contributed by atoms with Gasteiger partial charge in [0.05, 0.1) is 30.4 Å². The quantitative estimate of drug-likeness (QED) is 0.748. The molecule has 2 amide bonds. The summed E-state index contributed by atoms with van der Waals surface area (Å²) in [7, 11) is 0. The van der Waals surface area contributed by atoms with Gasteiger partial charge in [-0.25, -0.2) is 0 Å². The van der Waals surface area contributed by atoms with Crippen molar-refractivity contribution in [1.29, 1.82) is 0 Å². The average Bonchev–Trinajstić information content (AvgIpc) is 2.80. The van der Waals surface area contributed by atoms with Gasteiger partial charge in [-0.15, -0.1) is 0 Å². The summed E-state index contributed by atoms with van der Waals surface area (Å²) in [6.45, 7) is 6.05. The minimum absolute atomic E-state index is 0.000545. The Bertz CT molecular complexity index is 807. The maximum Gasteiger partial charge on any atom is 0.239 e. The molecule has 1 atom stereocenters. The molecule has 2 aromatic carbocycles. The zero-order valence-corrected chi connectivity index (χ0v) is 16.7. The molecule has 0 saturated carbocycles. The fraction of sp³-hybridized carbons (Fsp3) is 0.391. The summed E-state index contributed by atoms with van der Waals surface area (Å²) >= 11 is 0. The van der Waals surface area contributed by atoms with Crippen molar-refractivity contribution < 1.29 is 9.59 Å². The summed E-state index contributed by atoms with van der Waals surface area (Å²) in [6, 6.07) is 17.9. The molecule has 0 aromatic heterocycles. The van der Waals surface area contributed by atoms with Gasteiger partial charge in [0.2, 0.25) is 11.8 Å². The lowest BCUT2D eigenvalue weighted by Gasteiger charge is -2.26. The van der Waals surface area contributed by atoms with Gasteiger partial charge in [-0.05, 0) is 24.1 Å². The van der Waals surface area contributed by atoms with Gasteiger partial charge in [0, 0.05) is 13.1 Å². The first kappa shape index (κ1) is 19.9. The molecule has 0 fully saturated rings. The summed E-state index contributed by atoms with van der Waals surface area (Å²) in [4.78, 5) is 29.5. The number of nitrogens with one attached hydrogen (secondary N) is 1. The molecule has 0 bridgehead atoms. The number of rotatable bonds is 7. The number of para-hydroxylation sites is 2. The standard InChI is InChI=1S/C23H29N3O2/c1-3-4-14-24-22(27)17-25-15-18(2)23(28)26(16-19-10-6-5-7-11-19)21-13-9-8-12-20(21)25/h5-13,18H,3-4,14-17H2,1-2H3,(H,24,27). The highest BCUT2D eigenvalue weighted by molar-refractivity contribution is 6.00. The average molecular weight is 380 g/mol. The van der Waals surface area contributed by atoms with Gasteiger partial charge in [0.15, 0.2) is 0 Å². The Hall–Kier alpha value is -2.82. The molecule has 1 unspecified atom stereocenters. The number of benzene rings is 2. The van der Waals surface area contributed by atoms with Gasteiger partial charge in [0.1, 0.15) is 0 Å². The van der Waals surface area contributed by atoms with Gasteiger partial charge in [-0.3, -0.25) is 9.59 Å². The van der Waals surface area contributed by atoms with Gasteiger partial charge < -0.3 is 15.1 Å². The van der Waals surface area contributed by atoms with Crippen LogP contribution in [-0.2, 0) is 16.1 Å². The Balaban J connectivity index is 1.86. The van der Waals surface area contributed by atoms with Crippen molar-refractivity contribution in [3.8, 4) is 0 Å². The van der Waals surface area contributed by atoms with Crippen molar-refractivity contribution in [3.05, 3.63) is 60.2 Å². The summed E-state index contributed by atoms with van der Waals surface area (Å²) < 4.78 is 0. The minimum Gasteiger partial charge on any atom is -0.360 e. The van der Waals surface area contributed by atoms with E-state index in [1.54, 1.807) is 0 Å². The van der Waals surface area contributed by atoms with E-state index in [9.17, 15) is 9.59 Å². The fourth-order valence-electron chi connectivity index (χ4n) is 3.56. The summed E-state index contributed by atoms with van der Waals surface area (Å²) in [5, 5.41) is 2.98. The summed E-state index contributed by atoms with van der Waals surface area (Å²) in [5.74, 6) is -0.107. The number of fused-ring (bicyclic) bond motifs is 1. The Morgan fingerprint density at radius 1 is 1.07 bits per heavy atom. The normalized spacial score (nSPS) is 16.5. The lowest BCUT2D eigenvalue weighted by Crippen LogP contribution is -2.40. The number of amides is 2. The molecule has 5 nitrogen and oxygen atoms in total. The molecule has 0 spiro atoms. The highest BCUT2D eigenvalue weighted by atomic mass is 16.2. The minimum atomic E-state index is -0.195.